The van der Waals surface area contributed by atoms with Crippen LogP contribution in [0.4, 0.5) is 0 Å². The molecule has 1 saturated carbocycles. The predicted octanol–water partition coefficient (Wildman–Crippen LogP) is 2.36. The first kappa shape index (κ1) is 11.2. The fourth-order valence-corrected chi connectivity index (χ4v) is 2.69. The average molecular weight is 230 g/mol. The number of nitrogens with one attached hydrogen (secondary N) is 1. The first-order valence-electron chi connectivity index (χ1n) is 6.82. The Balaban J connectivity index is 1.50. The summed E-state index contributed by atoms with van der Waals surface area (Å²) in [6.45, 7) is 3.45. The highest BCUT2D eigenvalue weighted by Crippen LogP contribution is 2.39. The molecular formula is C15H22N2. The van der Waals surface area contributed by atoms with Gasteiger partial charge in [-0.3, -0.25) is 0 Å². The van der Waals surface area contributed by atoms with E-state index in [1.807, 2.05) is 0 Å². The van der Waals surface area contributed by atoms with E-state index in [0.29, 0.717) is 6.04 Å². The Kier molecular flexibility index (Phi) is 3.17. The summed E-state index contributed by atoms with van der Waals surface area (Å²) in [5, 5.41) is 3.65. The number of nitrogens with zero attached hydrogens (tertiary/aromatic N) is 1. The molecule has 1 aromatic carbocycles. The first-order chi connectivity index (χ1) is 8.31. The number of hydrogen-bond donors (Lipinski definition) is 1. The van der Waals surface area contributed by atoms with Crippen LogP contribution < -0.4 is 5.32 Å². The van der Waals surface area contributed by atoms with Gasteiger partial charge in [-0.25, -0.2) is 0 Å². The molecule has 1 aromatic rings. The molecule has 3 rings (SSSR count). The summed E-state index contributed by atoms with van der Waals surface area (Å²) < 4.78 is 0. The summed E-state index contributed by atoms with van der Waals surface area (Å²) in [5.74, 6) is 0.875. The molecule has 2 aliphatic rings. The van der Waals surface area contributed by atoms with E-state index >= 15 is 0 Å². The van der Waals surface area contributed by atoms with Crippen LogP contribution >= 0.6 is 0 Å². The van der Waals surface area contributed by atoms with Crippen molar-refractivity contribution in [3.05, 3.63) is 35.4 Å². The average Bonchev–Trinajstić information content (AvgIpc) is 3.11. The lowest BCUT2D eigenvalue weighted by molar-refractivity contribution is 0.397. The first-order valence-corrected chi connectivity index (χ1v) is 6.82. The Morgan fingerprint density at radius 2 is 1.94 bits per heavy atom. The van der Waals surface area contributed by atoms with E-state index in [1.165, 1.54) is 43.5 Å². The van der Waals surface area contributed by atoms with Crippen LogP contribution in [0.3, 0.4) is 0 Å². The molecule has 2 nitrogen and oxygen atoms in total. The Labute approximate surface area is 104 Å². The molecule has 1 heterocycles. The lowest BCUT2D eigenvalue weighted by Crippen LogP contribution is -2.30. The standard InChI is InChI=1S/C15H22N2/c1-17-9-8-15(11-17)16-10-12-2-4-13(5-3-12)14-6-7-14/h2-5,14-16H,6-11H2,1H3. The SMILES string of the molecule is CN1CCC(NCc2ccc(C3CC3)cc2)C1. The van der Waals surface area contributed by atoms with Crippen LogP contribution in [0.25, 0.3) is 0 Å². The highest BCUT2D eigenvalue weighted by Gasteiger charge is 2.23. The van der Waals surface area contributed by atoms with Crippen LogP contribution in [-0.2, 0) is 6.54 Å². The van der Waals surface area contributed by atoms with Gasteiger partial charge in [0, 0.05) is 19.1 Å². The minimum Gasteiger partial charge on any atom is -0.309 e. The van der Waals surface area contributed by atoms with Gasteiger partial charge in [-0.2, -0.15) is 0 Å². The summed E-state index contributed by atoms with van der Waals surface area (Å²) in [6, 6.07) is 9.90. The maximum absolute atomic E-state index is 3.65. The van der Waals surface area contributed by atoms with Gasteiger partial charge >= 0.3 is 0 Å². The van der Waals surface area contributed by atoms with Crippen molar-refractivity contribution in [2.75, 3.05) is 20.1 Å². The third-order valence-electron chi connectivity index (χ3n) is 4.01. The van der Waals surface area contributed by atoms with Gasteiger partial charge in [0.05, 0.1) is 0 Å². The predicted molar refractivity (Wildman–Crippen MR) is 71.2 cm³/mol. The Morgan fingerprint density at radius 3 is 2.53 bits per heavy atom. The molecule has 17 heavy (non-hydrogen) atoms. The van der Waals surface area contributed by atoms with Crippen molar-refractivity contribution in [2.45, 2.75) is 37.8 Å². The Morgan fingerprint density at radius 1 is 1.18 bits per heavy atom. The molecule has 0 amide bonds. The molecular weight excluding hydrogens is 208 g/mol. The summed E-state index contributed by atoms with van der Waals surface area (Å²) in [6.07, 6.45) is 4.08. The summed E-state index contributed by atoms with van der Waals surface area (Å²) in [4.78, 5) is 2.40. The van der Waals surface area contributed by atoms with Gasteiger partial charge in [0.1, 0.15) is 0 Å². The number of rotatable bonds is 4. The molecule has 1 saturated heterocycles. The number of benzene rings is 1. The smallest absolute Gasteiger partial charge is 0.0210 e. The van der Waals surface area contributed by atoms with E-state index < -0.39 is 0 Å². The van der Waals surface area contributed by atoms with Crippen LogP contribution in [0.5, 0.6) is 0 Å². The molecule has 2 heteroatoms. The number of likely N-dealkylation sites (tertiary alicyclic amines) is 1. The van der Waals surface area contributed by atoms with Crippen LogP contribution in [0, 0.1) is 0 Å². The lowest BCUT2D eigenvalue weighted by Gasteiger charge is -2.13. The summed E-state index contributed by atoms with van der Waals surface area (Å²) in [7, 11) is 2.20. The molecule has 1 N–H and O–H groups in total. The van der Waals surface area contributed by atoms with Crippen molar-refractivity contribution in [3.8, 4) is 0 Å². The quantitative estimate of drug-likeness (QED) is 0.854. The molecule has 0 spiro atoms. The van der Waals surface area contributed by atoms with Gasteiger partial charge in [0.25, 0.3) is 0 Å². The topological polar surface area (TPSA) is 15.3 Å². The van der Waals surface area contributed by atoms with E-state index in [0.717, 1.165) is 12.5 Å². The third kappa shape index (κ3) is 2.88. The lowest BCUT2D eigenvalue weighted by atomic mass is 10.1. The fraction of sp³-hybridized carbons (Fsp3) is 0.600. The Bertz CT molecular complexity index is 367. The van der Waals surface area contributed by atoms with Crippen LogP contribution in [-0.4, -0.2) is 31.1 Å². The zero-order valence-electron chi connectivity index (χ0n) is 10.7. The van der Waals surface area contributed by atoms with Crippen molar-refractivity contribution in [1.29, 1.82) is 0 Å². The van der Waals surface area contributed by atoms with E-state index in [1.54, 1.807) is 0 Å². The second-order valence-electron chi connectivity index (χ2n) is 5.64. The zero-order valence-corrected chi connectivity index (χ0v) is 10.7. The second-order valence-corrected chi connectivity index (χ2v) is 5.64. The Hall–Kier alpha value is -0.860. The van der Waals surface area contributed by atoms with E-state index in [4.69, 9.17) is 0 Å². The molecule has 1 unspecified atom stereocenters. The molecule has 1 aliphatic carbocycles. The summed E-state index contributed by atoms with van der Waals surface area (Å²) in [5.41, 5.74) is 2.96. The molecule has 0 aromatic heterocycles. The molecule has 0 bridgehead atoms. The van der Waals surface area contributed by atoms with Gasteiger partial charge in [-0.05, 0) is 49.9 Å². The van der Waals surface area contributed by atoms with E-state index in [9.17, 15) is 0 Å². The zero-order chi connectivity index (χ0) is 11.7. The van der Waals surface area contributed by atoms with Gasteiger partial charge in [-0.15, -0.1) is 0 Å². The molecule has 92 valence electrons. The van der Waals surface area contributed by atoms with Crippen LogP contribution in [0.2, 0.25) is 0 Å². The van der Waals surface area contributed by atoms with Gasteiger partial charge < -0.3 is 10.2 Å². The normalized spacial score (nSPS) is 25.4. The monoisotopic (exact) mass is 230 g/mol. The summed E-state index contributed by atoms with van der Waals surface area (Å²) >= 11 is 0. The van der Waals surface area contributed by atoms with E-state index in [2.05, 4.69) is 41.5 Å². The molecule has 2 fully saturated rings. The number of hydrogen-bond acceptors (Lipinski definition) is 2. The minimum absolute atomic E-state index is 0.683. The largest absolute Gasteiger partial charge is 0.309 e. The van der Waals surface area contributed by atoms with Crippen molar-refractivity contribution in [1.82, 2.24) is 10.2 Å². The minimum atomic E-state index is 0.683. The van der Waals surface area contributed by atoms with Gasteiger partial charge in [0.2, 0.25) is 0 Å². The maximum Gasteiger partial charge on any atom is 0.0210 e. The van der Waals surface area contributed by atoms with Crippen LogP contribution in [0.1, 0.15) is 36.3 Å². The highest BCUT2D eigenvalue weighted by atomic mass is 15.2. The molecule has 0 radical (unpaired) electrons. The van der Waals surface area contributed by atoms with Crippen molar-refractivity contribution in [3.63, 3.8) is 0 Å². The van der Waals surface area contributed by atoms with Crippen molar-refractivity contribution >= 4 is 0 Å². The second kappa shape index (κ2) is 4.79. The van der Waals surface area contributed by atoms with Gasteiger partial charge in [-0.1, -0.05) is 24.3 Å². The molecule has 1 atom stereocenters. The third-order valence-corrected chi connectivity index (χ3v) is 4.01. The molecule has 1 aliphatic heterocycles. The van der Waals surface area contributed by atoms with Crippen molar-refractivity contribution in [2.24, 2.45) is 0 Å². The van der Waals surface area contributed by atoms with Crippen molar-refractivity contribution < 1.29 is 0 Å². The maximum atomic E-state index is 3.65. The number of likely N-dealkylation sites (N-methyl/N-ethyl adjacent to an activating group) is 1. The fourth-order valence-electron chi connectivity index (χ4n) is 2.69. The van der Waals surface area contributed by atoms with E-state index in [-0.39, 0.29) is 0 Å². The highest BCUT2D eigenvalue weighted by molar-refractivity contribution is 5.28. The van der Waals surface area contributed by atoms with Gasteiger partial charge in [0.15, 0.2) is 0 Å². The van der Waals surface area contributed by atoms with Crippen LogP contribution in [0.15, 0.2) is 24.3 Å².